The van der Waals surface area contributed by atoms with Crippen molar-refractivity contribution in [3.63, 3.8) is 0 Å². The number of aliphatic hydroxyl groups excluding tert-OH is 1. The summed E-state index contributed by atoms with van der Waals surface area (Å²) in [4.78, 5) is 0. The Kier molecular flexibility index (Phi) is 5.35. The fraction of sp³-hybridized carbons (Fsp3) is 1.00. The smallest absolute Gasteiger partial charge is 0.0786 e. The fourth-order valence-electron chi connectivity index (χ4n) is 1.87. The largest absolute Gasteiger partial charge is 0.390 e. The van der Waals surface area contributed by atoms with Crippen LogP contribution >= 0.6 is 0 Å². The Balaban J connectivity index is 2.11. The van der Waals surface area contributed by atoms with E-state index in [0.29, 0.717) is 19.1 Å². The van der Waals surface area contributed by atoms with E-state index < -0.39 is 0 Å². The number of hydrogen-bond donors (Lipinski definition) is 3. The molecule has 0 aromatic heterocycles. The quantitative estimate of drug-likeness (QED) is 0.564. The van der Waals surface area contributed by atoms with E-state index in [2.05, 4.69) is 5.32 Å². The van der Waals surface area contributed by atoms with E-state index >= 15 is 0 Å². The van der Waals surface area contributed by atoms with Crippen LogP contribution in [0.25, 0.3) is 0 Å². The number of hydrogen-bond acceptors (Lipinski definition) is 3. The lowest BCUT2D eigenvalue weighted by atomic mass is 10.1. The molecule has 0 aromatic rings. The summed E-state index contributed by atoms with van der Waals surface area (Å²) in [5.74, 6) is 0. The first-order valence-electron chi connectivity index (χ1n) is 5.44. The summed E-state index contributed by atoms with van der Waals surface area (Å²) in [6.45, 7) is 1.01. The van der Waals surface area contributed by atoms with Crippen molar-refractivity contribution in [3.8, 4) is 0 Å². The predicted octanol–water partition coefficient (Wildman–Crippen LogP) is 0.618. The lowest BCUT2D eigenvalue weighted by Gasteiger charge is -2.18. The van der Waals surface area contributed by atoms with Crippen LogP contribution in [-0.2, 0) is 0 Å². The van der Waals surface area contributed by atoms with Crippen molar-refractivity contribution in [1.29, 1.82) is 0 Å². The molecule has 78 valence electrons. The van der Waals surface area contributed by atoms with Gasteiger partial charge in [0.05, 0.1) is 6.10 Å². The molecule has 0 aliphatic heterocycles. The Morgan fingerprint density at radius 2 is 1.85 bits per heavy atom. The van der Waals surface area contributed by atoms with Crippen LogP contribution in [0.3, 0.4) is 0 Å². The minimum absolute atomic E-state index is 0.361. The molecule has 1 atom stereocenters. The molecule has 0 saturated heterocycles. The third-order valence-electron chi connectivity index (χ3n) is 2.77. The summed E-state index contributed by atoms with van der Waals surface area (Å²) in [7, 11) is 0. The predicted molar refractivity (Wildman–Crippen MR) is 54.6 cm³/mol. The van der Waals surface area contributed by atoms with Gasteiger partial charge < -0.3 is 16.2 Å². The highest BCUT2D eigenvalue weighted by Crippen LogP contribution is 2.16. The number of rotatable bonds is 4. The van der Waals surface area contributed by atoms with Crippen LogP contribution in [-0.4, -0.2) is 30.3 Å². The van der Waals surface area contributed by atoms with Gasteiger partial charge in [-0.15, -0.1) is 0 Å². The first-order valence-corrected chi connectivity index (χ1v) is 5.44. The maximum atomic E-state index is 9.27. The second-order valence-corrected chi connectivity index (χ2v) is 3.99. The van der Waals surface area contributed by atoms with E-state index in [-0.39, 0.29) is 6.10 Å². The molecule has 0 aromatic carbocycles. The van der Waals surface area contributed by atoms with Gasteiger partial charge in [-0.2, -0.15) is 0 Å². The van der Waals surface area contributed by atoms with Crippen LogP contribution in [0, 0.1) is 0 Å². The van der Waals surface area contributed by atoms with Crippen molar-refractivity contribution in [2.24, 2.45) is 5.73 Å². The minimum atomic E-state index is -0.372. The lowest BCUT2D eigenvalue weighted by molar-refractivity contribution is 0.173. The summed E-state index contributed by atoms with van der Waals surface area (Å²) in [5.41, 5.74) is 5.33. The monoisotopic (exact) mass is 186 g/mol. The van der Waals surface area contributed by atoms with Gasteiger partial charge in [0.15, 0.2) is 0 Å². The highest BCUT2D eigenvalue weighted by Gasteiger charge is 2.12. The summed E-state index contributed by atoms with van der Waals surface area (Å²) >= 11 is 0. The minimum Gasteiger partial charge on any atom is -0.390 e. The zero-order valence-corrected chi connectivity index (χ0v) is 8.34. The molecule has 0 bridgehead atoms. The molecular weight excluding hydrogens is 164 g/mol. The van der Waals surface area contributed by atoms with E-state index in [1.807, 2.05) is 0 Å². The summed E-state index contributed by atoms with van der Waals surface area (Å²) in [5, 5.41) is 12.7. The maximum Gasteiger partial charge on any atom is 0.0786 e. The summed E-state index contributed by atoms with van der Waals surface area (Å²) in [6.07, 6.45) is 7.56. The highest BCUT2D eigenvalue weighted by atomic mass is 16.3. The van der Waals surface area contributed by atoms with Gasteiger partial charge in [-0.1, -0.05) is 25.7 Å². The van der Waals surface area contributed by atoms with Crippen LogP contribution in [0.4, 0.5) is 0 Å². The zero-order chi connectivity index (χ0) is 9.52. The summed E-state index contributed by atoms with van der Waals surface area (Å²) < 4.78 is 0. The van der Waals surface area contributed by atoms with E-state index in [4.69, 9.17) is 5.73 Å². The average Bonchev–Trinajstić information content (AvgIpc) is 2.42. The first kappa shape index (κ1) is 11.0. The molecule has 1 saturated carbocycles. The van der Waals surface area contributed by atoms with Crippen LogP contribution < -0.4 is 11.1 Å². The average molecular weight is 186 g/mol. The number of nitrogens with one attached hydrogen (secondary N) is 1. The van der Waals surface area contributed by atoms with Crippen LogP contribution in [0.5, 0.6) is 0 Å². The van der Waals surface area contributed by atoms with Crippen LogP contribution in [0.2, 0.25) is 0 Å². The molecule has 4 N–H and O–H groups in total. The van der Waals surface area contributed by atoms with Crippen molar-refractivity contribution in [3.05, 3.63) is 0 Å². The third-order valence-corrected chi connectivity index (χ3v) is 2.77. The van der Waals surface area contributed by atoms with E-state index in [1.54, 1.807) is 0 Å². The standard InChI is InChI=1S/C10H22N2O/c11-7-10(13)8-12-9-5-3-1-2-4-6-9/h9-10,12-13H,1-8,11H2. The van der Waals surface area contributed by atoms with Crippen molar-refractivity contribution < 1.29 is 5.11 Å². The Morgan fingerprint density at radius 1 is 1.23 bits per heavy atom. The SMILES string of the molecule is NCC(O)CNC1CCCCCC1. The molecule has 0 heterocycles. The van der Waals surface area contributed by atoms with E-state index in [1.165, 1.54) is 38.5 Å². The Labute approximate surface area is 80.7 Å². The van der Waals surface area contributed by atoms with Crippen molar-refractivity contribution in [2.75, 3.05) is 13.1 Å². The van der Waals surface area contributed by atoms with Crippen LogP contribution in [0.15, 0.2) is 0 Å². The van der Waals surface area contributed by atoms with Gasteiger partial charge in [0, 0.05) is 19.1 Å². The normalized spacial score (nSPS) is 22.6. The van der Waals surface area contributed by atoms with E-state index in [0.717, 1.165) is 0 Å². The Morgan fingerprint density at radius 3 is 2.38 bits per heavy atom. The Hall–Kier alpha value is -0.120. The molecule has 3 nitrogen and oxygen atoms in total. The van der Waals surface area contributed by atoms with Gasteiger partial charge in [-0.3, -0.25) is 0 Å². The van der Waals surface area contributed by atoms with Gasteiger partial charge in [-0.25, -0.2) is 0 Å². The van der Waals surface area contributed by atoms with Gasteiger partial charge in [0.1, 0.15) is 0 Å². The molecular formula is C10H22N2O. The molecule has 1 aliphatic carbocycles. The molecule has 1 fully saturated rings. The topological polar surface area (TPSA) is 58.3 Å². The molecule has 0 radical (unpaired) electrons. The lowest BCUT2D eigenvalue weighted by Crippen LogP contribution is -2.38. The molecule has 3 heteroatoms. The first-order chi connectivity index (χ1) is 6.33. The molecule has 0 amide bonds. The van der Waals surface area contributed by atoms with Gasteiger partial charge in [0.2, 0.25) is 0 Å². The van der Waals surface area contributed by atoms with Crippen molar-refractivity contribution in [1.82, 2.24) is 5.32 Å². The van der Waals surface area contributed by atoms with Crippen molar-refractivity contribution >= 4 is 0 Å². The molecule has 1 rings (SSSR count). The van der Waals surface area contributed by atoms with E-state index in [9.17, 15) is 5.11 Å². The van der Waals surface area contributed by atoms with Gasteiger partial charge in [-0.05, 0) is 12.8 Å². The number of aliphatic hydroxyl groups is 1. The molecule has 1 aliphatic rings. The number of nitrogens with two attached hydrogens (primary N) is 1. The summed E-state index contributed by atoms with van der Waals surface area (Å²) in [6, 6.07) is 0.615. The molecule has 1 unspecified atom stereocenters. The van der Waals surface area contributed by atoms with Crippen LogP contribution in [0.1, 0.15) is 38.5 Å². The van der Waals surface area contributed by atoms with Gasteiger partial charge in [0.25, 0.3) is 0 Å². The van der Waals surface area contributed by atoms with Gasteiger partial charge >= 0.3 is 0 Å². The Bertz CT molecular complexity index is 122. The third kappa shape index (κ3) is 4.60. The maximum absolute atomic E-state index is 9.27. The second-order valence-electron chi connectivity index (χ2n) is 3.99. The zero-order valence-electron chi connectivity index (χ0n) is 8.34. The highest BCUT2D eigenvalue weighted by molar-refractivity contribution is 4.72. The van der Waals surface area contributed by atoms with Crippen molar-refractivity contribution in [2.45, 2.75) is 50.7 Å². The molecule has 0 spiro atoms. The second kappa shape index (κ2) is 6.35. The fourth-order valence-corrected chi connectivity index (χ4v) is 1.87. The molecule has 13 heavy (non-hydrogen) atoms.